The summed E-state index contributed by atoms with van der Waals surface area (Å²) in [4.78, 5) is 37.7. The molecule has 0 atom stereocenters. The molecule has 8 nitrogen and oxygen atoms in total. The van der Waals surface area contributed by atoms with Crippen molar-refractivity contribution in [1.29, 1.82) is 5.41 Å². The molecule has 0 aromatic carbocycles. The Labute approximate surface area is 191 Å². The van der Waals surface area contributed by atoms with Crippen LogP contribution in [0.5, 0.6) is 0 Å². The quantitative estimate of drug-likeness (QED) is 0.143. The van der Waals surface area contributed by atoms with E-state index in [0.717, 1.165) is 0 Å². The average molecular weight is 437 g/mol. The van der Waals surface area contributed by atoms with Gasteiger partial charge in [0.25, 0.3) is 5.56 Å². The number of allylic oxidation sites excluding steroid dienone is 2. The molecule has 0 unspecified atom stereocenters. The number of aryl methyl sites for hydroxylation is 1. The predicted octanol–water partition coefficient (Wildman–Crippen LogP) is -0.565. The molecule has 1 rings (SSSR count). The number of carbonyl (C=O) groups excluding carboxylic acids is 2. The number of carbonyl (C=O) groups is 2. The Morgan fingerprint density at radius 3 is 1.86 bits per heavy atom. The predicted molar refractivity (Wildman–Crippen MR) is 103 cm³/mol. The number of halogens is 3. The van der Waals surface area contributed by atoms with Crippen LogP contribution in [0.2, 0.25) is 0 Å². The third kappa shape index (κ3) is 20.8. The zero-order chi connectivity index (χ0) is 19.3. The topological polar surface area (TPSA) is 160 Å². The van der Waals surface area contributed by atoms with Crippen LogP contribution in [0, 0.1) is 12.3 Å². The van der Waals surface area contributed by atoms with Gasteiger partial charge in [0.15, 0.2) is 11.6 Å². The summed E-state index contributed by atoms with van der Waals surface area (Å²) in [5.74, 6) is -0.657. The van der Waals surface area contributed by atoms with Crippen LogP contribution in [0.4, 0.5) is 8.78 Å². The maximum absolute atomic E-state index is 11.8. The number of amidine groups is 1. The number of aromatic amines is 1. The maximum atomic E-state index is 11.8. The van der Waals surface area contributed by atoms with E-state index in [1.165, 1.54) is 26.1 Å². The van der Waals surface area contributed by atoms with Crippen LogP contribution in [0.1, 0.15) is 39.6 Å². The molecule has 1 aromatic rings. The van der Waals surface area contributed by atoms with Crippen molar-refractivity contribution in [2.75, 3.05) is 6.67 Å². The molecule has 0 aliphatic heterocycles. The van der Waals surface area contributed by atoms with Gasteiger partial charge in [0.2, 0.25) is 0 Å². The van der Waals surface area contributed by atoms with Crippen LogP contribution < -0.4 is 40.9 Å². The summed E-state index contributed by atoms with van der Waals surface area (Å²) < 4.78 is 22.6. The molecule has 0 bridgehead atoms. The largest absolute Gasteiger partial charge is 1.00 e. The molecule has 5 N–H and O–H groups in total. The molecule has 0 aliphatic carbocycles. The van der Waals surface area contributed by atoms with E-state index in [2.05, 4.69) is 15.7 Å². The third-order valence-corrected chi connectivity index (χ3v) is 2.35. The van der Waals surface area contributed by atoms with Gasteiger partial charge in [-0.15, -0.1) is 12.4 Å². The minimum Gasteiger partial charge on any atom is -0.870 e. The van der Waals surface area contributed by atoms with Gasteiger partial charge in [-0.3, -0.25) is 19.8 Å². The number of hydrogen-bond donors (Lipinski definition) is 3. The fraction of sp³-hybridized carbons (Fsp3) is 0.438. The van der Waals surface area contributed by atoms with E-state index in [1.807, 2.05) is 0 Å². The summed E-state index contributed by atoms with van der Waals surface area (Å²) in [6, 6.07) is 0. The van der Waals surface area contributed by atoms with Crippen LogP contribution in [0.25, 0.3) is 0 Å². The van der Waals surface area contributed by atoms with Crippen molar-refractivity contribution >= 4 is 29.8 Å². The molecule has 28 heavy (non-hydrogen) atoms. The van der Waals surface area contributed by atoms with E-state index in [0.29, 0.717) is 5.56 Å². The fourth-order valence-corrected chi connectivity index (χ4v) is 1.22. The molecular formula is C16H28ClF2N4NaO4. The Kier molecular flexibility index (Phi) is 34.6. The Balaban J connectivity index is -0.0000000633. The molecule has 12 heteroatoms. The summed E-state index contributed by atoms with van der Waals surface area (Å²) in [6.45, 7) is 4.51. The fourth-order valence-electron chi connectivity index (χ4n) is 1.22. The van der Waals surface area contributed by atoms with Gasteiger partial charge in [0, 0.05) is 11.8 Å². The molecule has 0 saturated carbocycles. The maximum Gasteiger partial charge on any atom is 1.00 e. The second-order valence-corrected chi connectivity index (χ2v) is 4.45. The van der Waals surface area contributed by atoms with Crippen LogP contribution in [0.3, 0.4) is 0 Å². The summed E-state index contributed by atoms with van der Waals surface area (Å²) >= 11 is 0. The van der Waals surface area contributed by atoms with Gasteiger partial charge in [0.05, 0.1) is 5.57 Å². The molecule has 0 spiro atoms. The Bertz CT molecular complexity index is 654. The number of nitrogens with two attached hydrogens (primary N) is 1. The summed E-state index contributed by atoms with van der Waals surface area (Å²) in [5, 5.41) is 6.15. The number of alkyl halides is 2. The summed E-state index contributed by atoms with van der Waals surface area (Å²) in [5.41, 5.74) is 5.01. The van der Waals surface area contributed by atoms with Crippen LogP contribution in [0.15, 0.2) is 22.6 Å². The summed E-state index contributed by atoms with van der Waals surface area (Å²) in [6.07, 6.45) is 2.89. The number of ketones is 2. The first-order valence-electron chi connectivity index (χ1n) is 6.78. The van der Waals surface area contributed by atoms with Crippen molar-refractivity contribution in [3.05, 3.63) is 39.6 Å². The number of rotatable bonds is 4. The SMILES string of the molecule is C.CC=C(C(C)=O)C(C)=O.Cc1cnc(CF)[nH]c1=O.Cl.N=C(N)CF.[Na+].[OH-]. The van der Waals surface area contributed by atoms with Gasteiger partial charge in [-0.2, -0.15) is 0 Å². The van der Waals surface area contributed by atoms with Crippen molar-refractivity contribution in [2.24, 2.45) is 5.73 Å². The number of hydrogen-bond acceptors (Lipinski definition) is 6. The molecule has 158 valence electrons. The average Bonchev–Trinajstić information content (AvgIpc) is 2.51. The number of Topliss-reactive ketones (excluding diaryl/α,β-unsaturated/α-hetero) is 2. The Morgan fingerprint density at radius 2 is 1.68 bits per heavy atom. The first-order valence-corrected chi connectivity index (χ1v) is 6.78. The molecule has 0 aliphatic rings. The molecule has 0 amide bonds. The number of nitrogens with zero attached hydrogens (tertiary/aromatic N) is 1. The molecular weight excluding hydrogens is 409 g/mol. The number of H-pyrrole nitrogens is 1. The third-order valence-electron chi connectivity index (χ3n) is 2.35. The minimum absolute atomic E-state index is 0. The van der Waals surface area contributed by atoms with E-state index < -0.39 is 19.2 Å². The zero-order valence-corrected chi connectivity index (χ0v) is 18.7. The van der Waals surface area contributed by atoms with Crippen LogP contribution in [-0.2, 0) is 16.3 Å². The Hall–Kier alpha value is -1.46. The molecule has 0 saturated heterocycles. The normalized spacial score (nSPS) is 7.50. The van der Waals surface area contributed by atoms with Crippen molar-refractivity contribution in [3.63, 3.8) is 0 Å². The molecule has 1 heterocycles. The second kappa shape index (κ2) is 23.6. The minimum atomic E-state index is -0.833. The monoisotopic (exact) mass is 436 g/mol. The molecule has 0 radical (unpaired) electrons. The van der Waals surface area contributed by atoms with Crippen LogP contribution in [-0.4, -0.2) is 39.5 Å². The van der Waals surface area contributed by atoms with E-state index in [9.17, 15) is 23.2 Å². The van der Waals surface area contributed by atoms with E-state index in [-0.39, 0.29) is 83.4 Å². The van der Waals surface area contributed by atoms with Gasteiger partial charge >= 0.3 is 29.6 Å². The van der Waals surface area contributed by atoms with Crippen molar-refractivity contribution in [1.82, 2.24) is 9.97 Å². The van der Waals surface area contributed by atoms with Gasteiger partial charge in [0.1, 0.15) is 25.0 Å². The van der Waals surface area contributed by atoms with Crippen molar-refractivity contribution < 1.29 is 53.4 Å². The van der Waals surface area contributed by atoms with E-state index in [1.54, 1.807) is 13.8 Å². The first kappa shape index (κ1) is 41.0. The molecule has 1 aromatic heterocycles. The van der Waals surface area contributed by atoms with E-state index in [4.69, 9.17) is 5.41 Å². The first-order chi connectivity index (χ1) is 11.1. The number of nitrogens with one attached hydrogen (secondary N) is 2. The smallest absolute Gasteiger partial charge is 0.870 e. The van der Waals surface area contributed by atoms with Gasteiger partial charge < -0.3 is 16.2 Å². The van der Waals surface area contributed by atoms with Crippen LogP contribution >= 0.6 is 12.4 Å². The molecule has 0 fully saturated rings. The van der Waals surface area contributed by atoms with E-state index >= 15 is 0 Å². The van der Waals surface area contributed by atoms with Gasteiger partial charge in [-0.05, 0) is 27.7 Å². The number of aromatic nitrogens is 2. The van der Waals surface area contributed by atoms with Crippen molar-refractivity contribution in [3.8, 4) is 0 Å². The van der Waals surface area contributed by atoms with Gasteiger partial charge in [-0.1, -0.05) is 13.5 Å². The Morgan fingerprint density at radius 1 is 1.29 bits per heavy atom. The standard InChI is InChI=1S/C7H10O2.C6H7FN2O.C2H5FN2.CH4.ClH.Na.H2O/c1-4-7(5(2)8)6(3)9;1-4-3-8-5(2-7)9-6(4)10;3-1-2(4)5;;;;/h4H,1-3H3;3H,2H2,1H3,(H,8,9,10);1H2,(H3,4,5);1H4;1H;;1H2/q;;;;;+1;/p-1. The summed E-state index contributed by atoms with van der Waals surface area (Å²) in [7, 11) is 0. The zero-order valence-electron chi connectivity index (χ0n) is 15.9. The van der Waals surface area contributed by atoms with Gasteiger partial charge in [-0.25, -0.2) is 13.8 Å². The van der Waals surface area contributed by atoms with Crippen molar-refractivity contribution in [2.45, 2.75) is 41.8 Å². The second-order valence-electron chi connectivity index (χ2n) is 4.45.